The van der Waals surface area contributed by atoms with Gasteiger partial charge in [0.1, 0.15) is 18.1 Å². The van der Waals surface area contributed by atoms with Crippen LogP contribution in [-0.2, 0) is 28.8 Å². The van der Waals surface area contributed by atoms with Crippen LogP contribution in [0, 0.1) is 0 Å². The summed E-state index contributed by atoms with van der Waals surface area (Å²) in [4.78, 5) is 71.8. The Morgan fingerprint density at radius 2 is 1.17 bits per heavy atom. The Morgan fingerprint density at radius 3 is 1.67 bits per heavy atom. The van der Waals surface area contributed by atoms with Crippen LogP contribution in [0.2, 0.25) is 0 Å². The van der Waals surface area contributed by atoms with Gasteiger partial charge in [0.05, 0.1) is 12.5 Å². The van der Waals surface area contributed by atoms with Crippen molar-refractivity contribution < 1.29 is 39.0 Å². The van der Waals surface area contributed by atoms with Gasteiger partial charge in [0, 0.05) is 6.42 Å². The van der Waals surface area contributed by atoms with E-state index in [0.29, 0.717) is 45.2 Å². The fourth-order valence-electron chi connectivity index (χ4n) is 3.16. The predicted molar refractivity (Wildman–Crippen MR) is 128 cm³/mol. The van der Waals surface area contributed by atoms with E-state index in [4.69, 9.17) is 28.0 Å². The van der Waals surface area contributed by atoms with Gasteiger partial charge >= 0.3 is 11.9 Å². The summed E-state index contributed by atoms with van der Waals surface area (Å²) in [5, 5.41) is 25.1. The van der Waals surface area contributed by atoms with Crippen LogP contribution in [0.5, 0.6) is 0 Å². The minimum atomic E-state index is -1.50. The number of carboxylic acid groups (broad SMARTS) is 2. The van der Waals surface area contributed by atoms with Crippen LogP contribution in [0.1, 0.15) is 57.8 Å². The van der Waals surface area contributed by atoms with Gasteiger partial charge in [-0.1, -0.05) is 6.42 Å². The molecule has 0 saturated carbocycles. The summed E-state index contributed by atoms with van der Waals surface area (Å²) in [5.41, 5.74) is 21.9. The van der Waals surface area contributed by atoms with Gasteiger partial charge in [-0.15, -0.1) is 0 Å². The van der Waals surface area contributed by atoms with E-state index >= 15 is 0 Å². The zero-order valence-electron chi connectivity index (χ0n) is 20.2. The topological polar surface area (TPSA) is 283 Å². The quantitative estimate of drug-likeness (QED) is 0.0726. The van der Waals surface area contributed by atoms with Crippen molar-refractivity contribution in [2.75, 3.05) is 13.1 Å². The van der Waals surface area contributed by atoms with Crippen LogP contribution >= 0.6 is 0 Å². The molecule has 36 heavy (non-hydrogen) atoms. The first-order valence-corrected chi connectivity index (χ1v) is 11.7. The number of hydrogen-bond donors (Lipinski definition) is 9. The second-order valence-electron chi connectivity index (χ2n) is 8.30. The van der Waals surface area contributed by atoms with Crippen LogP contribution in [-0.4, -0.2) is 83.0 Å². The normalized spacial score (nSPS) is 14.1. The monoisotopic (exact) mass is 517 g/mol. The fourth-order valence-corrected chi connectivity index (χ4v) is 3.16. The van der Waals surface area contributed by atoms with E-state index in [1.807, 2.05) is 0 Å². The third-order valence-corrected chi connectivity index (χ3v) is 5.19. The highest BCUT2D eigenvalue weighted by atomic mass is 16.4. The molecule has 13 N–H and O–H groups in total. The van der Waals surface area contributed by atoms with Gasteiger partial charge in [-0.2, -0.15) is 0 Å². The standard InChI is InChI=1S/C21H39N7O8/c22-9-3-1-5-12(24)18(32)28-15(11-16(25)29)20(34)26-13(6-2-4-10-23)19(33)27-14(21(35)36)7-8-17(30)31/h12-15H,1-11,22-24H2,(H2,25,29)(H,26,34)(H,27,33)(H,28,32)(H,30,31)(H,35,36). The number of carbonyl (C=O) groups is 6. The molecule has 0 radical (unpaired) electrons. The molecule has 0 aromatic carbocycles. The molecule has 0 heterocycles. The smallest absolute Gasteiger partial charge is 0.326 e. The lowest BCUT2D eigenvalue weighted by Gasteiger charge is -2.25. The maximum Gasteiger partial charge on any atom is 0.326 e. The third kappa shape index (κ3) is 14.2. The lowest BCUT2D eigenvalue weighted by molar-refractivity contribution is -0.143. The third-order valence-electron chi connectivity index (χ3n) is 5.19. The molecule has 4 amide bonds. The molecule has 4 unspecified atom stereocenters. The average Bonchev–Trinajstić information content (AvgIpc) is 2.79. The molecule has 0 saturated heterocycles. The first-order chi connectivity index (χ1) is 16.9. The van der Waals surface area contributed by atoms with E-state index in [0.717, 1.165) is 0 Å². The molecule has 4 atom stereocenters. The summed E-state index contributed by atoms with van der Waals surface area (Å²) in [7, 11) is 0. The molecule has 15 heteroatoms. The molecule has 15 nitrogen and oxygen atoms in total. The molecule has 0 spiro atoms. The molecule has 0 fully saturated rings. The molecule has 0 aromatic rings. The van der Waals surface area contributed by atoms with Crippen molar-refractivity contribution in [3.05, 3.63) is 0 Å². The summed E-state index contributed by atoms with van der Waals surface area (Å²) in [5.74, 6) is -6.05. The van der Waals surface area contributed by atoms with Crippen molar-refractivity contribution in [1.29, 1.82) is 0 Å². The molecule has 206 valence electrons. The number of rotatable bonds is 20. The zero-order chi connectivity index (χ0) is 27.7. The minimum Gasteiger partial charge on any atom is -0.481 e. The van der Waals surface area contributed by atoms with Gasteiger partial charge in [0.15, 0.2) is 0 Å². The summed E-state index contributed by atoms with van der Waals surface area (Å²) < 4.78 is 0. The molecule has 0 aliphatic carbocycles. The summed E-state index contributed by atoms with van der Waals surface area (Å²) >= 11 is 0. The number of carboxylic acids is 2. The highest BCUT2D eigenvalue weighted by Gasteiger charge is 2.31. The van der Waals surface area contributed by atoms with Crippen LogP contribution < -0.4 is 38.9 Å². The predicted octanol–water partition coefficient (Wildman–Crippen LogP) is -3.15. The summed E-state index contributed by atoms with van der Waals surface area (Å²) in [6.45, 7) is 0.731. The Morgan fingerprint density at radius 1 is 0.667 bits per heavy atom. The summed E-state index contributed by atoms with van der Waals surface area (Å²) in [6.07, 6.45) is 1.04. The van der Waals surface area contributed by atoms with Crippen molar-refractivity contribution in [3.63, 3.8) is 0 Å². The number of unbranched alkanes of at least 4 members (excludes halogenated alkanes) is 2. The van der Waals surface area contributed by atoms with Crippen molar-refractivity contribution in [3.8, 4) is 0 Å². The fraction of sp³-hybridized carbons (Fsp3) is 0.714. The molecular weight excluding hydrogens is 478 g/mol. The second kappa shape index (κ2) is 18.0. The lowest BCUT2D eigenvalue weighted by atomic mass is 10.0. The number of carbonyl (C=O) groups excluding carboxylic acids is 4. The lowest BCUT2D eigenvalue weighted by Crippen LogP contribution is -2.57. The highest BCUT2D eigenvalue weighted by Crippen LogP contribution is 2.06. The summed E-state index contributed by atoms with van der Waals surface area (Å²) in [6, 6.07) is -5.15. The Kier molecular flexibility index (Phi) is 16.4. The number of primary amides is 1. The molecule has 0 aromatic heterocycles. The van der Waals surface area contributed by atoms with E-state index in [1.54, 1.807) is 0 Å². The Hall–Kier alpha value is -3.30. The van der Waals surface area contributed by atoms with Crippen molar-refractivity contribution in [1.82, 2.24) is 16.0 Å². The van der Waals surface area contributed by atoms with Gasteiger partial charge in [0.2, 0.25) is 23.6 Å². The molecule has 0 aliphatic rings. The van der Waals surface area contributed by atoms with E-state index in [1.165, 1.54) is 0 Å². The molecule has 0 rings (SSSR count). The van der Waals surface area contributed by atoms with Crippen LogP contribution in [0.3, 0.4) is 0 Å². The largest absolute Gasteiger partial charge is 0.481 e. The number of nitrogens with one attached hydrogen (secondary N) is 3. The van der Waals surface area contributed by atoms with E-state index in [9.17, 15) is 33.9 Å². The zero-order valence-corrected chi connectivity index (χ0v) is 20.2. The van der Waals surface area contributed by atoms with E-state index in [-0.39, 0.29) is 12.8 Å². The van der Waals surface area contributed by atoms with Gasteiger partial charge in [-0.3, -0.25) is 24.0 Å². The van der Waals surface area contributed by atoms with Gasteiger partial charge < -0.3 is 49.1 Å². The number of hydrogen-bond acceptors (Lipinski definition) is 9. The number of nitrogens with two attached hydrogens (primary N) is 4. The number of amides is 4. The van der Waals surface area contributed by atoms with Gasteiger partial charge in [0.25, 0.3) is 0 Å². The minimum absolute atomic E-state index is 0.0654. The Bertz CT molecular complexity index is 765. The molecule has 0 aliphatic heterocycles. The highest BCUT2D eigenvalue weighted by molar-refractivity contribution is 5.96. The molecule has 0 bridgehead atoms. The second-order valence-corrected chi connectivity index (χ2v) is 8.30. The van der Waals surface area contributed by atoms with Crippen molar-refractivity contribution >= 4 is 35.6 Å². The first-order valence-electron chi connectivity index (χ1n) is 11.7. The van der Waals surface area contributed by atoms with Crippen molar-refractivity contribution in [2.45, 2.75) is 82.0 Å². The maximum atomic E-state index is 12.9. The van der Waals surface area contributed by atoms with E-state index < -0.39 is 72.6 Å². The Labute approximate surface area is 209 Å². The van der Waals surface area contributed by atoms with Crippen molar-refractivity contribution in [2.24, 2.45) is 22.9 Å². The van der Waals surface area contributed by atoms with Gasteiger partial charge in [-0.25, -0.2) is 4.79 Å². The van der Waals surface area contributed by atoms with Crippen LogP contribution in [0.15, 0.2) is 0 Å². The van der Waals surface area contributed by atoms with E-state index in [2.05, 4.69) is 16.0 Å². The SMILES string of the molecule is NCCCCC(N)C(=O)NC(CC(N)=O)C(=O)NC(CCCCN)C(=O)NC(CCC(=O)O)C(=O)O. The Balaban J connectivity index is 5.48. The van der Waals surface area contributed by atoms with Crippen LogP contribution in [0.25, 0.3) is 0 Å². The average molecular weight is 518 g/mol. The number of aliphatic carboxylic acids is 2. The molecular formula is C21H39N7O8. The first kappa shape index (κ1) is 32.7. The van der Waals surface area contributed by atoms with Crippen LogP contribution in [0.4, 0.5) is 0 Å². The van der Waals surface area contributed by atoms with Gasteiger partial charge in [-0.05, 0) is 51.6 Å². The maximum absolute atomic E-state index is 12.9.